The number of fused-ring (bicyclic) bond motifs is 1. The molecule has 35 heavy (non-hydrogen) atoms. The van der Waals surface area contributed by atoms with Crippen LogP contribution in [0.1, 0.15) is 45.0 Å². The lowest BCUT2D eigenvalue weighted by Crippen LogP contribution is -2.26. The van der Waals surface area contributed by atoms with Crippen molar-refractivity contribution >= 4 is 27.0 Å². The van der Waals surface area contributed by atoms with Crippen molar-refractivity contribution in [1.82, 2.24) is 18.8 Å². The summed E-state index contributed by atoms with van der Waals surface area (Å²) in [6, 6.07) is 6.64. The third kappa shape index (κ3) is 5.59. The van der Waals surface area contributed by atoms with Gasteiger partial charge in [0.05, 0.1) is 22.3 Å². The topological polar surface area (TPSA) is 95.2 Å². The van der Waals surface area contributed by atoms with Gasteiger partial charge in [0.1, 0.15) is 12.5 Å². The van der Waals surface area contributed by atoms with Gasteiger partial charge in [-0.25, -0.2) is 21.8 Å². The molecule has 10 heteroatoms. The van der Waals surface area contributed by atoms with Gasteiger partial charge in [-0.05, 0) is 48.6 Å². The molecule has 1 amide bonds. The van der Waals surface area contributed by atoms with Crippen LogP contribution in [-0.2, 0) is 37.9 Å². The lowest BCUT2D eigenvalue weighted by atomic mass is 9.94. The average Bonchev–Trinajstić information content (AvgIpc) is 3.43. The molecule has 3 aromatic rings. The van der Waals surface area contributed by atoms with Crippen molar-refractivity contribution in [3.63, 3.8) is 0 Å². The molecule has 1 fully saturated rings. The Bertz CT molecular complexity index is 1300. The number of hydrogen-bond acceptors (Lipinski definition) is 5. The smallest absolute Gasteiger partial charge is 0.267 e. The third-order valence-corrected chi connectivity index (χ3v) is 7.89. The van der Waals surface area contributed by atoms with Crippen LogP contribution in [0.3, 0.4) is 0 Å². The summed E-state index contributed by atoms with van der Waals surface area (Å²) in [6.45, 7) is 7.97. The van der Waals surface area contributed by atoms with E-state index in [1.165, 1.54) is 12.4 Å². The van der Waals surface area contributed by atoms with Crippen LogP contribution >= 0.6 is 0 Å². The van der Waals surface area contributed by atoms with Crippen molar-refractivity contribution in [3.8, 4) is 0 Å². The fourth-order valence-corrected chi connectivity index (χ4v) is 5.68. The number of ether oxygens (including phenoxy) is 1. The van der Waals surface area contributed by atoms with Crippen molar-refractivity contribution in [3.05, 3.63) is 48.0 Å². The third-order valence-electron chi connectivity index (χ3n) is 6.26. The molecule has 0 atom stereocenters. The molecule has 4 rings (SSSR count). The van der Waals surface area contributed by atoms with Gasteiger partial charge in [0.2, 0.25) is 5.91 Å². The van der Waals surface area contributed by atoms with Gasteiger partial charge in [-0.2, -0.15) is 0 Å². The van der Waals surface area contributed by atoms with Crippen molar-refractivity contribution < 1.29 is 22.3 Å². The SMILES string of the molecule is CC(C)(C)c1nc2cc(S(=O)(=O)n3ccc(CC(=O)NCCF)c3)ccc2n1CC1CCOCC1. The molecule has 1 aliphatic rings. The molecule has 0 unspecified atom stereocenters. The molecular formula is C25H33FN4O4S. The zero-order valence-electron chi connectivity index (χ0n) is 20.5. The number of amides is 1. The van der Waals surface area contributed by atoms with Crippen LogP contribution in [0.25, 0.3) is 11.0 Å². The normalized spacial score (nSPS) is 15.5. The van der Waals surface area contributed by atoms with Crippen molar-refractivity contribution in [1.29, 1.82) is 0 Å². The quantitative estimate of drug-likeness (QED) is 0.507. The van der Waals surface area contributed by atoms with Gasteiger partial charge >= 0.3 is 0 Å². The minimum Gasteiger partial charge on any atom is -0.381 e. The van der Waals surface area contributed by atoms with Crippen LogP contribution in [0.4, 0.5) is 4.39 Å². The number of alkyl halides is 1. The second-order valence-corrected chi connectivity index (χ2v) is 11.9. The van der Waals surface area contributed by atoms with Crippen molar-refractivity contribution in [2.75, 3.05) is 26.4 Å². The van der Waals surface area contributed by atoms with Crippen LogP contribution in [0.5, 0.6) is 0 Å². The predicted octanol–water partition coefficient (Wildman–Crippen LogP) is 3.43. The van der Waals surface area contributed by atoms with Gasteiger partial charge in [0, 0.05) is 44.1 Å². The average molecular weight is 505 g/mol. The minimum absolute atomic E-state index is 0.0207. The highest BCUT2D eigenvalue weighted by atomic mass is 32.2. The fraction of sp³-hybridized carbons (Fsp3) is 0.520. The van der Waals surface area contributed by atoms with E-state index in [0.29, 0.717) is 17.0 Å². The predicted molar refractivity (Wildman–Crippen MR) is 132 cm³/mol. The molecule has 1 saturated heterocycles. The van der Waals surface area contributed by atoms with E-state index in [1.54, 1.807) is 18.2 Å². The zero-order valence-corrected chi connectivity index (χ0v) is 21.3. The van der Waals surface area contributed by atoms with Crippen LogP contribution < -0.4 is 5.32 Å². The Morgan fingerprint density at radius 1 is 1.23 bits per heavy atom. The number of hydrogen-bond donors (Lipinski definition) is 1. The highest BCUT2D eigenvalue weighted by molar-refractivity contribution is 7.90. The number of nitrogens with zero attached hydrogens (tertiary/aromatic N) is 3. The van der Waals surface area contributed by atoms with Gasteiger partial charge in [0.15, 0.2) is 0 Å². The molecule has 1 aromatic carbocycles. The van der Waals surface area contributed by atoms with E-state index in [0.717, 1.165) is 47.9 Å². The number of nitrogens with one attached hydrogen (secondary N) is 1. The first-order valence-corrected chi connectivity index (χ1v) is 13.4. The molecule has 3 heterocycles. The van der Waals surface area contributed by atoms with Crippen molar-refractivity contribution in [2.45, 2.75) is 56.9 Å². The van der Waals surface area contributed by atoms with E-state index in [1.807, 2.05) is 6.07 Å². The van der Waals surface area contributed by atoms with E-state index < -0.39 is 16.7 Å². The van der Waals surface area contributed by atoms with E-state index >= 15 is 0 Å². The van der Waals surface area contributed by atoms with Crippen LogP contribution in [0, 0.1) is 5.92 Å². The van der Waals surface area contributed by atoms with E-state index in [4.69, 9.17) is 9.72 Å². The number of carbonyl (C=O) groups is 1. The maximum Gasteiger partial charge on any atom is 0.267 e. The largest absolute Gasteiger partial charge is 0.381 e. The Kier molecular flexibility index (Phi) is 7.32. The van der Waals surface area contributed by atoms with Gasteiger partial charge in [-0.3, -0.25) is 4.79 Å². The summed E-state index contributed by atoms with van der Waals surface area (Å²) in [5.41, 5.74) is 1.88. The molecule has 0 aliphatic carbocycles. The maximum atomic E-state index is 13.3. The molecule has 0 radical (unpaired) electrons. The summed E-state index contributed by atoms with van der Waals surface area (Å²) in [5, 5.41) is 2.44. The van der Waals surface area contributed by atoms with Gasteiger partial charge in [0.25, 0.3) is 10.0 Å². The summed E-state index contributed by atoms with van der Waals surface area (Å²) in [5.74, 6) is 1.06. The highest BCUT2D eigenvalue weighted by Gasteiger charge is 2.27. The Labute approximate surface area is 205 Å². The first kappa shape index (κ1) is 25.4. The Balaban J connectivity index is 1.64. The Morgan fingerprint density at radius 2 is 1.97 bits per heavy atom. The molecule has 0 saturated carbocycles. The second kappa shape index (κ2) is 10.1. The molecule has 0 spiro atoms. The number of aromatic nitrogens is 3. The number of imidazole rings is 1. The molecule has 8 nitrogen and oxygen atoms in total. The van der Waals surface area contributed by atoms with Crippen LogP contribution in [0.15, 0.2) is 41.6 Å². The first-order chi connectivity index (χ1) is 16.6. The second-order valence-electron chi connectivity index (χ2n) is 10.1. The van der Waals surface area contributed by atoms with Gasteiger partial charge in [-0.1, -0.05) is 20.8 Å². The summed E-state index contributed by atoms with van der Waals surface area (Å²) >= 11 is 0. The number of benzene rings is 1. The van der Waals surface area contributed by atoms with Crippen LogP contribution in [-0.4, -0.2) is 54.3 Å². The van der Waals surface area contributed by atoms with E-state index in [2.05, 4.69) is 30.7 Å². The number of carbonyl (C=O) groups excluding carboxylic acids is 1. The lowest BCUT2D eigenvalue weighted by molar-refractivity contribution is -0.120. The number of rotatable bonds is 8. The van der Waals surface area contributed by atoms with Gasteiger partial charge in [-0.15, -0.1) is 0 Å². The monoisotopic (exact) mass is 504 g/mol. The molecule has 1 N–H and O–H groups in total. The summed E-state index contributed by atoms with van der Waals surface area (Å²) in [6.07, 6.45) is 4.81. The molecular weight excluding hydrogens is 471 g/mol. The summed E-state index contributed by atoms with van der Waals surface area (Å²) in [7, 11) is -3.87. The molecule has 2 aromatic heterocycles. The lowest BCUT2D eigenvalue weighted by Gasteiger charge is -2.26. The molecule has 0 bridgehead atoms. The highest BCUT2D eigenvalue weighted by Crippen LogP contribution is 2.30. The maximum absolute atomic E-state index is 13.3. The first-order valence-electron chi connectivity index (χ1n) is 11.9. The Hall–Kier alpha value is -2.72. The fourth-order valence-electron chi connectivity index (χ4n) is 4.44. The van der Waals surface area contributed by atoms with Crippen molar-refractivity contribution in [2.24, 2.45) is 5.92 Å². The number of halogens is 1. The standard InChI is InChI=1S/C25H33FN4O4S/c1-25(2,3)24-28-21-15-20(4-5-22(21)30(24)17-18-7-12-34-13-8-18)35(32,33)29-11-6-19(16-29)14-23(31)27-10-9-26/h4-6,11,15-16,18H,7-10,12-14,17H2,1-3H3,(H,27,31). The summed E-state index contributed by atoms with van der Waals surface area (Å²) < 4.78 is 47.7. The van der Waals surface area contributed by atoms with E-state index in [-0.39, 0.29) is 29.2 Å². The minimum atomic E-state index is -3.87. The van der Waals surface area contributed by atoms with E-state index in [9.17, 15) is 17.6 Å². The van der Waals surface area contributed by atoms with Crippen LogP contribution in [0.2, 0.25) is 0 Å². The molecule has 190 valence electrons. The molecule has 1 aliphatic heterocycles. The summed E-state index contributed by atoms with van der Waals surface area (Å²) in [4.78, 5) is 16.8. The van der Waals surface area contributed by atoms with Gasteiger partial charge < -0.3 is 14.6 Å². The Morgan fingerprint density at radius 3 is 2.66 bits per heavy atom. The zero-order chi connectivity index (χ0) is 25.2.